The minimum Gasteiger partial charge on any atom is -0.361 e. The van der Waals surface area contributed by atoms with Crippen molar-refractivity contribution >= 4 is 10.9 Å². The van der Waals surface area contributed by atoms with E-state index in [4.69, 9.17) is 0 Å². The second kappa shape index (κ2) is 8.00. The number of nitrogens with one attached hydrogen (secondary N) is 2. The summed E-state index contributed by atoms with van der Waals surface area (Å²) in [5.74, 6) is 0. The molecule has 0 aliphatic heterocycles. The molecule has 0 amide bonds. The quantitative estimate of drug-likeness (QED) is 0.631. The van der Waals surface area contributed by atoms with Gasteiger partial charge in [-0.15, -0.1) is 0 Å². The SMILES string of the molecule is CCCCCCCCNCc1c[nH]c2ccccc12. The number of H-pyrrole nitrogens is 1. The summed E-state index contributed by atoms with van der Waals surface area (Å²) in [6, 6.07) is 8.50. The fourth-order valence-corrected chi connectivity index (χ4v) is 2.53. The van der Waals surface area contributed by atoms with Crippen LogP contribution in [0.3, 0.4) is 0 Å². The zero-order valence-corrected chi connectivity index (χ0v) is 12.0. The molecular formula is C17H26N2. The van der Waals surface area contributed by atoms with E-state index in [0.717, 1.165) is 13.1 Å². The van der Waals surface area contributed by atoms with Crippen LogP contribution >= 0.6 is 0 Å². The molecule has 2 N–H and O–H groups in total. The van der Waals surface area contributed by atoms with Crippen molar-refractivity contribution in [1.82, 2.24) is 10.3 Å². The summed E-state index contributed by atoms with van der Waals surface area (Å²) in [7, 11) is 0. The van der Waals surface area contributed by atoms with Gasteiger partial charge in [-0.2, -0.15) is 0 Å². The molecule has 1 heterocycles. The van der Waals surface area contributed by atoms with E-state index in [0.29, 0.717) is 0 Å². The number of rotatable bonds is 9. The van der Waals surface area contributed by atoms with E-state index in [-0.39, 0.29) is 0 Å². The molecule has 0 saturated carbocycles. The van der Waals surface area contributed by atoms with Crippen LogP contribution in [0, 0.1) is 0 Å². The Morgan fingerprint density at radius 2 is 1.79 bits per heavy atom. The Morgan fingerprint density at radius 1 is 1.00 bits per heavy atom. The number of hydrogen-bond donors (Lipinski definition) is 2. The highest BCUT2D eigenvalue weighted by Gasteiger charge is 2.01. The Balaban J connectivity index is 1.63. The maximum atomic E-state index is 3.55. The summed E-state index contributed by atoms with van der Waals surface area (Å²) >= 11 is 0. The third-order valence-electron chi connectivity index (χ3n) is 3.70. The van der Waals surface area contributed by atoms with Crippen molar-refractivity contribution in [2.75, 3.05) is 6.54 Å². The van der Waals surface area contributed by atoms with Gasteiger partial charge in [0.2, 0.25) is 0 Å². The molecule has 2 heteroatoms. The average Bonchev–Trinajstić information content (AvgIpc) is 2.85. The van der Waals surface area contributed by atoms with Crippen LogP contribution in [0.15, 0.2) is 30.5 Å². The first kappa shape index (κ1) is 14.1. The highest BCUT2D eigenvalue weighted by atomic mass is 14.9. The van der Waals surface area contributed by atoms with E-state index in [1.54, 1.807) is 0 Å². The van der Waals surface area contributed by atoms with Crippen LogP contribution < -0.4 is 5.32 Å². The number of fused-ring (bicyclic) bond motifs is 1. The maximum Gasteiger partial charge on any atom is 0.0457 e. The monoisotopic (exact) mass is 258 g/mol. The average molecular weight is 258 g/mol. The summed E-state index contributed by atoms with van der Waals surface area (Å²) in [5.41, 5.74) is 2.61. The molecule has 0 radical (unpaired) electrons. The van der Waals surface area contributed by atoms with Gasteiger partial charge in [0.1, 0.15) is 0 Å². The minimum absolute atomic E-state index is 0.971. The molecule has 0 atom stereocenters. The van der Waals surface area contributed by atoms with Gasteiger partial charge in [-0.3, -0.25) is 0 Å². The van der Waals surface area contributed by atoms with Crippen LogP contribution in [-0.2, 0) is 6.54 Å². The van der Waals surface area contributed by atoms with E-state index in [1.165, 1.54) is 55.0 Å². The van der Waals surface area contributed by atoms with Crippen LogP contribution in [0.1, 0.15) is 51.0 Å². The smallest absolute Gasteiger partial charge is 0.0457 e. The van der Waals surface area contributed by atoms with Crippen molar-refractivity contribution in [2.24, 2.45) is 0 Å². The van der Waals surface area contributed by atoms with Crippen molar-refractivity contribution < 1.29 is 0 Å². The van der Waals surface area contributed by atoms with Gasteiger partial charge >= 0.3 is 0 Å². The highest BCUT2D eigenvalue weighted by molar-refractivity contribution is 5.82. The fourth-order valence-electron chi connectivity index (χ4n) is 2.53. The van der Waals surface area contributed by atoms with Gasteiger partial charge in [0, 0.05) is 23.6 Å². The maximum absolute atomic E-state index is 3.55. The van der Waals surface area contributed by atoms with Crippen molar-refractivity contribution in [2.45, 2.75) is 52.0 Å². The minimum atomic E-state index is 0.971. The Hall–Kier alpha value is -1.28. The summed E-state index contributed by atoms with van der Waals surface area (Å²) in [5, 5.41) is 4.90. The second-order valence-corrected chi connectivity index (χ2v) is 5.30. The number of benzene rings is 1. The molecule has 2 rings (SSSR count). The lowest BCUT2D eigenvalue weighted by atomic mass is 10.1. The largest absolute Gasteiger partial charge is 0.361 e. The first-order valence-corrected chi connectivity index (χ1v) is 7.67. The number of aromatic nitrogens is 1. The van der Waals surface area contributed by atoms with E-state index in [9.17, 15) is 0 Å². The first-order chi connectivity index (χ1) is 9.42. The van der Waals surface area contributed by atoms with Gasteiger partial charge < -0.3 is 10.3 Å². The molecule has 0 fully saturated rings. The second-order valence-electron chi connectivity index (χ2n) is 5.30. The summed E-state index contributed by atoms with van der Waals surface area (Å²) in [6.45, 7) is 4.37. The third kappa shape index (κ3) is 4.39. The van der Waals surface area contributed by atoms with Crippen molar-refractivity contribution in [3.05, 3.63) is 36.0 Å². The van der Waals surface area contributed by atoms with Gasteiger partial charge in [0.05, 0.1) is 0 Å². The standard InChI is InChI=1S/C17H26N2/c1-2-3-4-5-6-9-12-18-13-15-14-19-17-11-8-7-10-16(15)17/h7-8,10-11,14,18-19H,2-6,9,12-13H2,1H3. The lowest BCUT2D eigenvalue weighted by Gasteiger charge is -2.04. The topological polar surface area (TPSA) is 27.8 Å². The summed E-state index contributed by atoms with van der Waals surface area (Å²) in [4.78, 5) is 3.32. The van der Waals surface area contributed by atoms with Gasteiger partial charge in [-0.1, -0.05) is 57.2 Å². The molecule has 0 unspecified atom stereocenters. The summed E-state index contributed by atoms with van der Waals surface area (Å²) < 4.78 is 0. The Kier molecular flexibility index (Phi) is 5.96. The molecule has 2 nitrogen and oxygen atoms in total. The van der Waals surface area contributed by atoms with Crippen LogP contribution in [-0.4, -0.2) is 11.5 Å². The van der Waals surface area contributed by atoms with Crippen molar-refractivity contribution in [1.29, 1.82) is 0 Å². The van der Waals surface area contributed by atoms with Crippen LogP contribution in [0.4, 0.5) is 0 Å². The number of unbranched alkanes of at least 4 members (excludes halogenated alkanes) is 5. The number of aromatic amines is 1. The van der Waals surface area contributed by atoms with Crippen LogP contribution in [0.25, 0.3) is 10.9 Å². The molecule has 0 aliphatic rings. The molecule has 1 aromatic carbocycles. The third-order valence-corrected chi connectivity index (χ3v) is 3.70. The van der Waals surface area contributed by atoms with E-state index >= 15 is 0 Å². The van der Waals surface area contributed by atoms with Crippen LogP contribution in [0.5, 0.6) is 0 Å². The van der Waals surface area contributed by atoms with Crippen molar-refractivity contribution in [3.63, 3.8) is 0 Å². The molecule has 104 valence electrons. The molecule has 0 saturated heterocycles. The Bertz CT molecular complexity index is 473. The predicted molar refractivity (Wildman–Crippen MR) is 83.4 cm³/mol. The zero-order valence-electron chi connectivity index (χ0n) is 12.0. The van der Waals surface area contributed by atoms with E-state index in [2.05, 4.69) is 47.7 Å². The Labute approximate surface area is 116 Å². The number of para-hydroxylation sites is 1. The lowest BCUT2D eigenvalue weighted by Crippen LogP contribution is -2.14. The number of hydrogen-bond acceptors (Lipinski definition) is 1. The molecule has 19 heavy (non-hydrogen) atoms. The van der Waals surface area contributed by atoms with Gasteiger partial charge in [-0.25, -0.2) is 0 Å². The van der Waals surface area contributed by atoms with Crippen LogP contribution in [0.2, 0.25) is 0 Å². The molecule has 0 bridgehead atoms. The fraction of sp³-hybridized carbons (Fsp3) is 0.529. The van der Waals surface area contributed by atoms with Gasteiger partial charge in [0.15, 0.2) is 0 Å². The normalized spacial score (nSPS) is 11.2. The molecule has 0 spiro atoms. The summed E-state index contributed by atoms with van der Waals surface area (Å²) in [6.07, 6.45) is 10.3. The first-order valence-electron chi connectivity index (χ1n) is 7.67. The van der Waals surface area contributed by atoms with E-state index in [1.807, 2.05) is 0 Å². The molecule has 2 aromatic rings. The highest BCUT2D eigenvalue weighted by Crippen LogP contribution is 2.17. The van der Waals surface area contributed by atoms with Gasteiger partial charge in [-0.05, 0) is 24.6 Å². The zero-order chi connectivity index (χ0) is 13.3. The lowest BCUT2D eigenvalue weighted by molar-refractivity contribution is 0.572. The van der Waals surface area contributed by atoms with Gasteiger partial charge in [0.25, 0.3) is 0 Å². The predicted octanol–water partition coefficient (Wildman–Crippen LogP) is 4.62. The molecule has 0 aliphatic carbocycles. The molecule has 1 aromatic heterocycles. The molecular weight excluding hydrogens is 232 g/mol. The van der Waals surface area contributed by atoms with E-state index < -0.39 is 0 Å². The Morgan fingerprint density at radius 3 is 2.68 bits per heavy atom. The van der Waals surface area contributed by atoms with Crippen molar-refractivity contribution in [3.8, 4) is 0 Å².